The predicted octanol–water partition coefficient (Wildman–Crippen LogP) is 2.55. The van der Waals surface area contributed by atoms with Crippen molar-refractivity contribution in [1.29, 1.82) is 0 Å². The number of esters is 1. The predicted molar refractivity (Wildman–Crippen MR) is 108 cm³/mol. The first-order chi connectivity index (χ1) is 14.0. The quantitative estimate of drug-likeness (QED) is 0.691. The van der Waals surface area contributed by atoms with Crippen LogP contribution in [0.1, 0.15) is 51.5 Å². The summed E-state index contributed by atoms with van der Waals surface area (Å²) in [6.07, 6.45) is 5.03. The van der Waals surface area contributed by atoms with Gasteiger partial charge in [-0.3, -0.25) is 9.59 Å². The molecule has 0 radical (unpaired) electrons. The fourth-order valence-corrected chi connectivity index (χ4v) is 5.50. The lowest BCUT2D eigenvalue weighted by molar-refractivity contribution is -0.170. The Labute approximate surface area is 172 Å². The van der Waals surface area contributed by atoms with Crippen molar-refractivity contribution >= 4 is 17.8 Å². The Morgan fingerprint density at radius 1 is 1.17 bits per heavy atom. The Morgan fingerprint density at radius 2 is 1.93 bits per heavy atom. The Hall–Kier alpha value is -2.37. The molecule has 2 heterocycles. The summed E-state index contributed by atoms with van der Waals surface area (Å²) in [6, 6.07) is 8.31. The molecule has 2 amide bonds. The van der Waals surface area contributed by atoms with Gasteiger partial charge in [0.25, 0.3) is 0 Å². The largest absolute Gasteiger partial charge is 0.464 e. The molecule has 2 aliphatic heterocycles. The van der Waals surface area contributed by atoms with Crippen molar-refractivity contribution in [2.45, 2.75) is 76.5 Å². The van der Waals surface area contributed by atoms with Gasteiger partial charge in [-0.25, -0.2) is 4.79 Å². The van der Waals surface area contributed by atoms with Crippen LogP contribution in [0.2, 0.25) is 0 Å². The number of hydrogen-bond acceptors (Lipinski definition) is 4. The molecule has 0 spiro atoms. The van der Waals surface area contributed by atoms with Crippen molar-refractivity contribution in [3.8, 4) is 0 Å². The Bertz CT molecular complexity index is 780. The van der Waals surface area contributed by atoms with E-state index in [1.165, 1.54) is 4.90 Å². The number of amides is 2. The molecule has 3 fully saturated rings. The van der Waals surface area contributed by atoms with Gasteiger partial charge >= 0.3 is 5.97 Å². The fraction of sp³-hybridized carbons (Fsp3) is 0.609. The molecule has 4 rings (SSSR count). The molecule has 5 atom stereocenters. The summed E-state index contributed by atoms with van der Waals surface area (Å²) in [4.78, 5) is 42.9. The van der Waals surface area contributed by atoms with Crippen LogP contribution in [-0.2, 0) is 25.5 Å². The second-order valence-electron chi connectivity index (χ2n) is 8.47. The lowest BCUT2D eigenvalue weighted by atomic mass is 9.97. The molecule has 156 valence electrons. The molecular weight excluding hydrogens is 368 g/mol. The second kappa shape index (κ2) is 8.17. The van der Waals surface area contributed by atoms with Crippen LogP contribution in [-0.4, -0.2) is 58.4 Å². The summed E-state index contributed by atoms with van der Waals surface area (Å²) in [5.74, 6) is -0.0934. The third-order valence-electron chi connectivity index (χ3n) is 6.85. The monoisotopic (exact) mass is 398 g/mol. The van der Waals surface area contributed by atoms with Crippen molar-refractivity contribution in [1.82, 2.24) is 9.80 Å². The zero-order valence-corrected chi connectivity index (χ0v) is 17.3. The van der Waals surface area contributed by atoms with Crippen molar-refractivity contribution in [2.24, 2.45) is 5.92 Å². The number of rotatable bonds is 6. The molecule has 3 aliphatic rings. The topological polar surface area (TPSA) is 66.9 Å². The third-order valence-corrected chi connectivity index (χ3v) is 6.85. The number of fused-ring (bicyclic) bond motifs is 3. The number of nitrogens with zero attached hydrogens (tertiary/aromatic N) is 2. The van der Waals surface area contributed by atoms with Crippen LogP contribution in [0.3, 0.4) is 0 Å². The van der Waals surface area contributed by atoms with Crippen LogP contribution in [0.4, 0.5) is 0 Å². The van der Waals surface area contributed by atoms with Gasteiger partial charge in [0, 0.05) is 6.04 Å². The molecule has 0 bridgehead atoms. The lowest BCUT2D eigenvalue weighted by Crippen LogP contribution is -2.66. The molecule has 1 aromatic rings. The van der Waals surface area contributed by atoms with Crippen LogP contribution in [0.25, 0.3) is 0 Å². The molecule has 6 nitrogen and oxygen atoms in total. The van der Waals surface area contributed by atoms with E-state index in [0.717, 1.165) is 31.2 Å². The van der Waals surface area contributed by atoms with Gasteiger partial charge in [0.1, 0.15) is 18.1 Å². The van der Waals surface area contributed by atoms with Crippen LogP contribution < -0.4 is 0 Å². The number of benzene rings is 1. The van der Waals surface area contributed by atoms with Crippen LogP contribution in [0, 0.1) is 5.92 Å². The minimum absolute atomic E-state index is 0.0157. The van der Waals surface area contributed by atoms with E-state index < -0.39 is 24.1 Å². The van der Waals surface area contributed by atoms with Crippen molar-refractivity contribution in [3.05, 3.63) is 35.9 Å². The van der Waals surface area contributed by atoms with Gasteiger partial charge in [0.15, 0.2) is 0 Å². The highest BCUT2D eigenvalue weighted by molar-refractivity contribution is 5.99. The number of carbonyl (C=O) groups excluding carboxylic acids is 3. The highest BCUT2D eigenvalue weighted by Gasteiger charge is 2.56. The van der Waals surface area contributed by atoms with Crippen LogP contribution in [0.15, 0.2) is 30.3 Å². The molecule has 0 aromatic heterocycles. The maximum absolute atomic E-state index is 13.5. The summed E-state index contributed by atoms with van der Waals surface area (Å²) in [7, 11) is 0. The maximum Gasteiger partial charge on any atom is 0.328 e. The maximum atomic E-state index is 13.5. The van der Waals surface area contributed by atoms with E-state index in [9.17, 15) is 14.4 Å². The van der Waals surface area contributed by atoms with E-state index in [4.69, 9.17) is 4.74 Å². The number of aryl methyl sites for hydroxylation is 1. The zero-order chi connectivity index (χ0) is 20.5. The number of carbonyl (C=O) groups is 3. The Balaban J connectivity index is 1.58. The highest BCUT2D eigenvalue weighted by Crippen LogP contribution is 2.44. The van der Waals surface area contributed by atoms with E-state index >= 15 is 0 Å². The zero-order valence-electron chi connectivity index (χ0n) is 17.3. The van der Waals surface area contributed by atoms with Crippen molar-refractivity contribution < 1.29 is 19.1 Å². The standard InChI is InChI=1S/C23H30N2O4/c1-3-29-23(28)19(13-12-16-8-5-4-6-9-16)24-15(2)21(26)25-18-11-7-10-17(18)14-20(25)22(24)27/h4-6,8-9,15,17-20H,3,7,10-14H2,1-2H3/t15-,17+,18+,19-,20+/m1/s1. The molecule has 1 aliphatic carbocycles. The van der Waals surface area contributed by atoms with Gasteiger partial charge in [0.05, 0.1) is 6.61 Å². The molecule has 2 saturated heterocycles. The molecule has 1 aromatic carbocycles. The first-order valence-corrected chi connectivity index (χ1v) is 10.9. The molecule has 29 heavy (non-hydrogen) atoms. The average molecular weight is 399 g/mol. The summed E-state index contributed by atoms with van der Waals surface area (Å²) < 4.78 is 5.31. The molecular formula is C23H30N2O4. The summed E-state index contributed by atoms with van der Waals surface area (Å²) in [5.41, 5.74) is 1.10. The van der Waals surface area contributed by atoms with Gasteiger partial charge < -0.3 is 14.5 Å². The fourth-order valence-electron chi connectivity index (χ4n) is 5.50. The Kier molecular flexibility index (Phi) is 5.61. The van der Waals surface area contributed by atoms with Gasteiger partial charge in [-0.1, -0.05) is 36.8 Å². The van der Waals surface area contributed by atoms with Gasteiger partial charge in [-0.2, -0.15) is 0 Å². The first-order valence-electron chi connectivity index (χ1n) is 10.9. The normalized spacial score (nSPS) is 29.6. The van der Waals surface area contributed by atoms with Gasteiger partial charge in [-0.05, 0) is 57.4 Å². The number of hydrogen-bond donors (Lipinski definition) is 0. The van der Waals surface area contributed by atoms with Crippen LogP contribution in [0.5, 0.6) is 0 Å². The van der Waals surface area contributed by atoms with E-state index in [-0.39, 0.29) is 24.5 Å². The van der Waals surface area contributed by atoms with E-state index in [0.29, 0.717) is 18.8 Å². The molecule has 0 unspecified atom stereocenters. The molecule has 1 saturated carbocycles. The smallest absolute Gasteiger partial charge is 0.328 e. The van der Waals surface area contributed by atoms with Crippen molar-refractivity contribution in [2.75, 3.05) is 6.61 Å². The second-order valence-corrected chi connectivity index (χ2v) is 8.47. The minimum atomic E-state index is -0.732. The summed E-state index contributed by atoms with van der Waals surface area (Å²) >= 11 is 0. The summed E-state index contributed by atoms with van der Waals surface area (Å²) in [5, 5.41) is 0. The molecule has 0 N–H and O–H groups in total. The van der Waals surface area contributed by atoms with E-state index in [2.05, 4.69) is 0 Å². The highest BCUT2D eigenvalue weighted by atomic mass is 16.5. The SMILES string of the molecule is CCOC(=O)[C@@H](CCc1ccccc1)N1C(=O)[C@@H]2C[C@@H]3CCC[C@@H]3N2C(=O)[C@H]1C. The van der Waals surface area contributed by atoms with E-state index in [1.54, 1.807) is 13.8 Å². The van der Waals surface area contributed by atoms with E-state index in [1.807, 2.05) is 35.2 Å². The van der Waals surface area contributed by atoms with Gasteiger partial charge in [0.2, 0.25) is 11.8 Å². The number of piperazine rings is 1. The Morgan fingerprint density at radius 3 is 2.66 bits per heavy atom. The van der Waals surface area contributed by atoms with Gasteiger partial charge in [-0.15, -0.1) is 0 Å². The molecule has 6 heteroatoms. The number of ether oxygens (including phenoxy) is 1. The first kappa shape index (κ1) is 19.9. The average Bonchev–Trinajstić information content (AvgIpc) is 3.31. The van der Waals surface area contributed by atoms with Crippen LogP contribution >= 0.6 is 0 Å². The third kappa shape index (κ3) is 3.53. The van der Waals surface area contributed by atoms with Crippen molar-refractivity contribution in [3.63, 3.8) is 0 Å². The summed E-state index contributed by atoms with van der Waals surface area (Å²) in [6.45, 7) is 3.77. The minimum Gasteiger partial charge on any atom is -0.464 e. The lowest BCUT2D eigenvalue weighted by Gasteiger charge is -2.45.